The molecule has 0 spiro atoms. The van der Waals surface area contributed by atoms with Crippen LogP contribution in [0, 0.1) is 0 Å². The summed E-state index contributed by atoms with van der Waals surface area (Å²) in [5.74, 6) is -0.217. The Bertz CT molecular complexity index is 307. The zero-order valence-corrected chi connectivity index (χ0v) is 7.21. The summed E-state index contributed by atoms with van der Waals surface area (Å²) in [7, 11) is 0. The van der Waals surface area contributed by atoms with E-state index in [0.717, 1.165) is 0 Å². The van der Waals surface area contributed by atoms with Crippen LogP contribution in [-0.4, -0.2) is 21.0 Å². The van der Waals surface area contributed by atoms with Gasteiger partial charge in [0.25, 0.3) is 0 Å². The molecule has 0 aliphatic rings. The van der Waals surface area contributed by atoms with Gasteiger partial charge >= 0.3 is 0 Å². The number of hydrogen-bond donors (Lipinski definition) is 2. The molecule has 0 bridgehead atoms. The van der Waals surface area contributed by atoms with Crippen LogP contribution >= 0.6 is 23.2 Å². The molecule has 0 saturated carbocycles. The van der Waals surface area contributed by atoms with Gasteiger partial charge < -0.3 is 10.9 Å². The lowest BCUT2D eigenvalue weighted by atomic mass is 10.3. The predicted octanol–water partition coefficient (Wildman–Crippen LogP) is 0.878. The van der Waals surface area contributed by atoms with E-state index in [-0.39, 0.29) is 21.7 Å². The van der Waals surface area contributed by atoms with Crippen molar-refractivity contribution >= 4 is 29.0 Å². The summed E-state index contributed by atoms with van der Waals surface area (Å²) in [5, 5.41) is 11.1. The van der Waals surface area contributed by atoms with Gasteiger partial charge in [0.05, 0.1) is 5.56 Å². The Hall–Kier alpha value is -1.07. The van der Waals surface area contributed by atoms with E-state index in [4.69, 9.17) is 34.1 Å². The van der Waals surface area contributed by atoms with E-state index < -0.39 is 0 Å². The van der Waals surface area contributed by atoms with Gasteiger partial charge in [0.15, 0.2) is 5.84 Å². The largest absolute Gasteiger partial charge is 0.409 e. The summed E-state index contributed by atoms with van der Waals surface area (Å²) >= 11 is 11.2. The fourth-order valence-electron chi connectivity index (χ4n) is 0.606. The van der Waals surface area contributed by atoms with E-state index in [9.17, 15) is 0 Å². The molecule has 0 fully saturated rings. The van der Waals surface area contributed by atoms with Crippen molar-refractivity contribution in [3.63, 3.8) is 0 Å². The molecular weight excluding hydrogens is 203 g/mol. The van der Waals surface area contributed by atoms with Crippen LogP contribution in [0.25, 0.3) is 0 Å². The quantitative estimate of drug-likeness (QED) is 0.235. The lowest BCUT2D eigenvalue weighted by molar-refractivity contribution is 0.318. The van der Waals surface area contributed by atoms with Crippen LogP contribution in [0.3, 0.4) is 0 Å². The molecule has 0 aliphatic carbocycles. The van der Waals surface area contributed by atoms with E-state index in [0.29, 0.717) is 0 Å². The van der Waals surface area contributed by atoms with E-state index >= 15 is 0 Å². The van der Waals surface area contributed by atoms with Gasteiger partial charge in [0.2, 0.25) is 0 Å². The minimum atomic E-state index is -0.217. The van der Waals surface area contributed by atoms with E-state index in [1.165, 1.54) is 6.33 Å². The zero-order valence-electron chi connectivity index (χ0n) is 5.70. The molecule has 0 radical (unpaired) electrons. The Morgan fingerprint density at radius 1 is 1.42 bits per heavy atom. The highest BCUT2D eigenvalue weighted by Crippen LogP contribution is 2.18. The molecule has 5 nitrogen and oxygen atoms in total. The number of oxime groups is 1. The van der Waals surface area contributed by atoms with Crippen molar-refractivity contribution in [1.29, 1.82) is 0 Å². The van der Waals surface area contributed by atoms with Crippen molar-refractivity contribution in [1.82, 2.24) is 9.97 Å². The summed E-state index contributed by atoms with van der Waals surface area (Å²) in [5.41, 5.74) is 5.38. The summed E-state index contributed by atoms with van der Waals surface area (Å²) in [4.78, 5) is 7.21. The molecule has 7 heteroatoms. The van der Waals surface area contributed by atoms with Crippen LogP contribution in [0.4, 0.5) is 0 Å². The minimum absolute atomic E-state index is 0.0466. The maximum atomic E-state index is 8.33. The number of amidine groups is 1. The maximum Gasteiger partial charge on any atom is 0.176 e. The lowest BCUT2D eigenvalue weighted by Crippen LogP contribution is -2.15. The highest BCUT2D eigenvalue weighted by molar-refractivity contribution is 6.38. The van der Waals surface area contributed by atoms with Gasteiger partial charge in [-0.3, -0.25) is 0 Å². The number of nitrogens with zero attached hydrogens (tertiary/aromatic N) is 3. The second-order valence-electron chi connectivity index (χ2n) is 1.82. The highest BCUT2D eigenvalue weighted by atomic mass is 35.5. The van der Waals surface area contributed by atoms with Crippen LogP contribution in [0.5, 0.6) is 0 Å². The zero-order chi connectivity index (χ0) is 9.14. The van der Waals surface area contributed by atoms with E-state index in [1.807, 2.05) is 0 Å². The molecule has 64 valence electrons. The minimum Gasteiger partial charge on any atom is -0.409 e. The Labute approximate surface area is 77.8 Å². The molecule has 0 amide bonds. The Kier molecular flexibility index (Phi) is 2.67. The third kappa shape index (κ3) is 1.57. The van der Waals surface area contributed by atoms with Crippen molar-refractivity contribution in [2.24, 2.45) is 10.9 Å². The van der Waals surface area contributed by atoms with Gasteiger partial charge in [-0.1, -0.05) is 28.4 Å². The van der Waals surface area contributed by atoms with Crippen molar-refractivity contribution in [2.45, 2.75) is 0 Å². The molecule has 12 heavy (non-hydrogen) atoms. The topological polar surface area (TPSA) is 84.4 Å². The fourth-order valence-corrected chi connectivity index (χ4v) is 1.11. The molecule has 0 unspecified atom stereocenters. The molecule has 3 N–H and O–H groups in total. The normalized spacial score (nSPS) is 11.7. The standard InChI is InChI=1S/C5H4Cl2N4O/c6-3-2(5(8)11-12)4(7)10-1-9-3/h1,12H,(H2,8,11). The van der Waals surface area contributed by atoms with E-state index in [1.54, 1.807) is 0 Å². The lowest BCUT2D eigenvalue weighted by Gasteiger charge is -2.01. The molecule has 0 atom stereocenters. The fraction of sp³-hybridized carbons (Fsp3) is 0. The van der Waals surface area contributed by atoms with Crippen molar-refractivity contribution < 1.29 is 5.21 Å². The van der Waals surface area contributed by atoms with Crippen LogP contribution in [-0.2, 0) is 0 Å². The van der Waals surface area contributed by atoms with Gasteiger partial charge in [0, 0.05) is 0 Å². The molecule has 1 rings (SSSR count). The predicted molar refractivity (Wildman–Crippen MR) is 44.6 cm³/mol. The molecular formula is C5H4Cl2N4O. The smallest absolute Gasteiger partial charge is 0.176 e. The Morgan fingerprint density at radius 2 is 1.92 bits per heavy atom. The number of nitrogens with two attached hydrogens (primary N) is 1. The number of halogens is 2. The summed E-state index contributed by atoms with van der Waals surface area (Å²) in [6, 6.07) is 0. The van der Waals surface area contributed by atoms with Crippen molar-refractivity contribution in [3.05, 3.63) is 22.2 Å². The average molecular weight is 207 g/mol. The molecule has 0 saturated heterocycles. The van der Waals surface area contributed by atoms with Crippen molar-refractivity contribution in [3.8, 4) is 0 Å². The first-order valence-corrected chi connectivity index (χ1v) is 3.56. The monoisotopic (exact) mass is 206 g/mol. The Morgan fingerprint density at radius 3 is 2.33 bits per heavy atom. The van der Waals surface area contributed by atoms with Crippen molar-refractivity contribution in [2.75, 3.05) is 0 Å². The summed E-state index contributed by atoms with van der Waals surface area (Å²) in [6.45, 7) is 0. The highest BCUT2D eigenvalue weighted by Gasteiger charge is 2.11. The number of rotatable bonds is 1. The van der Waals surface area contributed by atoms with Crippen LogP contribution in [0.1, 0.15) is 5.56 Å². The van der Waals surface area contributed by atoms with Gasteiger partial charge in [0.1, 0.15) is 16.6 Å². The number of aromatic nitrogens is 2. The van der Waals surface area contributed by atoms with Gasteiger partial charge in [-0.25, -0.2) is 9.97 Å². The molecule has 0 aromatic carbocycles. The van der Waals surface area contributed by atoms with Gasteiger partial charge in [-0.2, -0.15) is 0 Å². The van der Waals surface area contributed by atoms with Gasteiger partial charge in [-0.05, 0) is 0 Å². The first-order valence-electron chi connectivity index (χ1n) is 2.80. The molecule has 1 aromatic rings. The third-order valence-corrected chi connectivity index (χ3v) is 1.69. The third-order valence-electron chi connectivity index (χ3n) is 1.12. The van der Waals surface area contributed by atoms with Crippen LogP contribution < -0.4 is 5.73 Å². The molecule has 1 heterocycles. The first-order chi connectivity index (χ1) is 5.66. The molecule has 1 aromatic heterocycles. The van der Waals surface area contributed by atoms with E-state index in [2.05, 4.69) is 15.1 Å². The second kappa shape index (κ2) is 3.55. The number of hydrogen-bond acceptors (Lipinski definition) is 4. The SMILES string of the molecule is N/C(=N\O)c1c(Cl)ncnc1Cl. The molecule has 0 aliphatic heterocycles. The van der Waals surface area contributed by atoms with Gasteiger partial charge in [-0.15, -0.1) is 0 Å². The van der Waals surface area contributed by atoms with Crippen LogP contribution in [0.2, 0.25) is 10.3 Å². The first kappa shape index (κ1) is 9.02. The maximum absolute atomic E-state index is 8.33. The summed E-state index contributed by atoms with van der Waals surface area (Å²) in [6.07, 6.45) is 1.18. The summed E-state index contributed by atoms with van der Waals surface area (Å²) < 4.78 is 0. The average Bonchev–Trinajstić information content (AvgIpc) is 2.03. The van der Waals surface area contributed by atoms with Crippen LogP contribution in [0.15, 0.2) is 11.5 Å². The second-order valence-corrected chi connectivity index (χ2v) is 2.53. The Balaban J connectivity index is 3.31.